The summed E-state index contributed by atoms with van der Waals surface area (Å²) in [5.74, 6) is 0. The summed E-state index contributed by atoms with van der Waals surface area (Å²) in [7, 11) is 0. The summed E-state index contributed by atoms with van der Waals surface area (Å²) in [6.45, 7) is 7.93. The number of aliphatic imine (C=N–C) groups is 1. The van der Waals surface area contributed by atoms with E-state index < -0.39 is 5.54 Å². The fraction of sp³-hybridized carbons (Fsp3) is 0.188. The molecule has 0 saturated heterocycles. The second kappa shape index (κ2) is 5.35. The molecule has 0 aliphatic heterocycles. The average Bonchev–Trinajstić information content (AvgIpc) is 2.92. The average molecular weight is 269 g/mol. The molecule has 2 rings (SSSR count). The van der Waals surface area contributed by atoms with Crippen molar-refractivity contribution < 1.29 is 4.79 Å². The molecule has 0 radical (unpaired) electrons. The number of rotatable bonds is 4. The molecule has 0 aliphatic carbocycles. The van der Waals surface area contributed by atoms with E-state index in [2.05, 4.69) is 11.6 Å². The number of isocyanates is 1. The van der Waals surface area contributed by atoms with Crippen LogP contribution in [0.3, 0.4) is 0 Å². The molecule has 0 fully saturated rings. The quantitative estimate of drug-likeness (QED) is 0.598. The maximum atomic E-state index is 10.5. The van der Waals surface area contributed by atoms with Crippen LogP contribution in [0, 0.1) is 0 Å². The van der Waals surface area contributed by atoms with Gasteiger partial charge < -0.3 is 0 Å². The number of nitrogens with zero attached hydrogens (tertiary/aromatic N) is 1. The van der Waals surface area contributed by atoms with Gasteiger partial charge in [-0.15, -0.1) is 11.3 Å². The number of hydrogen-bond donors (Lipinski definition) is 0. The van der Waals surface area contributed by atoms with Crippen LogP contribution in [0.15, 0.2) is 53.3 Å². The third-order valence-corrected chi connectivity index (χ3v) is 3.99. The lowest BCUT2D eigenvalue weighted by molar-refractivity contribution is 0.523. The SMILES string of the molecule is C=C(c1cccc(C(C)(C)N=C=O)c1)c1cccs1. The molecule has 0 aliphatic rings. The van der Waals surface area contributed by atoms with Crippen molar-refractivity contribution in [1.82, 2.24) is 0 Å². The van der Waals surface area contributed by atoms with Crippen molar-refractivity contribution in [2.45, 2.75) is 19.4 Å². The van der Waals surface area contributed by atoms with Gasteiger partial charge in [0, 0.05) is 4.88 Å². The Balaban J connectivity index is 2.40. The summed E-state index contributed by atoms with van der Waals surface area (Å²) in [6, 6.07) is 12.0. The van der Waals surface area contributed by atoms with Crippen LogP contribution in [0.1, 0.15) is 29.9 Å². The molecule has 0 atom stereocenters. The molecule has 2 nitrogen and oxygen atoms in total. The Morgan fingerprint density at radius 1 is 1.32 bits per heavy atom. The molecular weight excluding hydrogens is 254 g/mol. The minimum atomic E-state index is -0.562. The minimum Gasteiger partial charge on any atom is -0.211 e. The molecule has 1 aromatic heterocycles. The van der Waals surface area contributed by atoms with Gasteiger partial charge in [-0.1, -0.05) is 30.8 Å². The van der Waals surface area contributed by atoms with Gasteiger partial charge in [-0.05, 0) is 48.1 Å². The monoisotopic (exact) mass is 269 g/mol. The molecule has 19 heavy (non-hydrogen) atoms. The van der Waals surface area contributed by atoms with E-state index in [9.17, 15) is 4.79 Å². The largest absolute Gasteiger partial charge is 0.235 e. The van der Waals surface area contributed by atoms with E-state index in [0.717, 1.165) is 21.6 Å². The van der Waals surface area contributed by atoms with Crippen molar-refractivity contribution in [2.75, 3.05) is 0 Å². The Hall–Kier alpha value is -1.96. The molecule has 0 bridgehead atoms. The van der Waals surface area contributed by atoms with Crippen molar-refractivity contribution >= 4 is 23.0 Å². The first kappa shape index (κ1) is 13.5. The molecule has 1 heterocycles. The van der Waals surface area contributed by atoms with E-state index in [0.29, 0.717) is 0 Å². The standard InChI is InChI=1S/C16H15NOS/c1-12(15-8-5-9-19-15)13-6-4-7-14(10-13)16(2,3)17-11-18/h4-10H,1H2,2-3H3. The highest BCUT2D eigenvalue weighted by molar-refractivity contribution is 7.11. The molecule has 1 aromatic carbocycles. The Kier molecular flexibility index (Phi) is 3.79. The van der Waals surface area contributed by atoms with Gasteiger partial charge in [0.1, 0.15) is 0 Å². The number of benzene rings is 1. The van der Waals surface area contributed by atoms with Gasteiger partial charge in [0.2, 0.25) is 6.08 Å². The van der Waals surface area contributed by atoms with E-state index in [4.69, 9.17) is 0 Å². The first-order chi connectivity index (χ1) is 9.04. The molecule has 2 aromatic rings. The van der Waals surface area contributed by atoms with Crippen LogP contribution in [0.25, 0.3) is 5.57 Å². The Morgan fingerprint density at radius 2 is 2.11 bits per heavy atom. The van der Waals surface area contributed by atoms with Gasteiger partial charge in [-0.25, -0.2) is 4.79 Å². The van der Waals surface area contributed by atoms with Crippen molar-refractivity contribution in [3.63, 3.8) is 0 Å². The maximum Gasteiger partial charge on any atom is 0.235 e. The lowest BCUT2D eigenvalue weighted by atomic mass is 9.92. The predicted molar refractivity (Wildman–Crippen MR) is 80.0 cm³/mol. The summed E-state index contributed by atoms with van der Waals surface area (Å²) >= 11 is 1.66. The van der Waals surface area contributed by atoms with Crippen LogP contribution in [-0.4, -0.2) is 6.08 Å². The van der Waals surface area contributed by atoms with Gasteiger partial charge >= 0.3 is 0 Å². The second-order valence-electron chi connectivity index (χ2n) is 4.80. The van der Waals surface area contributed by atoms with Gasteiger partial charge in [0.05, 0.1) is 5.54 Å². The van der Waals surface area contributed by atoms with Crippen molar-refractivity contribution in [2.24, 2.45) is 4.99 Å². The third kappa shape index (κ3) is 2.90. The van der Waals surface area contributed by atoms with Crippen molar-refractivity contribution in [1.29, 1.82) is 0 Å². The smallest absolute Gasteiger partial charge is 0.211 e. The summed E-state index contributed by atoms with van der Waals surface area (Å²) in [4.78, 5) is 15.5. The lowest BCUT2D eigenvalue weighted by Crippen LogP contribution is -2.13. The molecular formula is C16H15NOS. The van der Waals surface area contributed by atoms with E-state index in [1.807, 2.05) is 55.6 Å². The highest BCUT2D eigenvalue weighted by Crippen LogP contribution is 2.30. The Morgan fingerprint density at radius 3 is 2.74 bits per heavy atom. The predicted octanol–water partition coefficient (Wildman–Crippen LogP) is 4.38. The van der Waals surface area contributed by atoms with Crippen molar-refractivity contribution in [3.8, 4) is 0 Å². The Labute approximate surface area is 117 Å². The fourth-order valence-corrected chi connectivity index (χ4v) is 2.58. The van der Waals surface area contributed by atoms with Crippen LogP contribution < -0.4 is 0 Å². The molecule has 96 valence electrons. The number of carbonyl (C=O) groups excluding carboxylic acids is 1. The van der Waals surface area contributed by atoms with Gasteiger partial charge in [-0.2, -0.15) is 4.99 Å². The van der Waals surface area contributed by atoms with E-state index in [1.54, 1.807) is 17.4 Å². The van der Waals surface area contributed by atoms with Gasteiger partial charge in [-0.3, -0.25) is 0 Å². The topological polar surface area (TPSA) is 29.4 Å². The highest BCUT2D eigenvalue weighted by Gasteiger charge is 2.19. The summed E-state index contributed by atoms with van der Waals surface area (Å²) in [5, 5.41) is 2.03. The highest BCUT2D eigenvalue weighted by atomic mass is 32.1. The number of hydrogen-bond acceptors (Lipinski definition) is 3. The van der Waals surface area contributed by atoms with Crippen LogP contribution in [-0.2, 0) is 10.3 Å². The molecule has 0 N–H and O–H groups in total. The summed E-state index contributed by atoms with van der Waals surface area (Å²) in [6.07, 6.45) is 1.64. The lowest BCUT2D eigenvalue weighted by Gasteiger charge is -2.19. The molecule has 0 saturated carbocycles. The normalized spacial score (nSPS) is 10.8. The van der Waals surface area contributed by atoms with Crippen LogP contribution in [0.4, 0.5) is 0 Å². The van der Waals surface area contributed by atoms with Crippen LogP contribution >= 0.6 is 11.3 Å². The molecule has 0 amide bonds. The zero-order valence-corrected chi connectivity index (χ0v) is 11.8. The van der Waals surface area contributed by atoms with Crippen molar-refractivity contribution in [3.05, 3.63) is 64.4 Å². The van der Waals surface area contributed by atoms with E-state index in [1.165, 1.54) is 0 Å². The molecule has 3 heteroatoms. The molecule has 0 unspecified atom stereocenters. The van der Waals surface area contributed by atoms with Crippen LogP contribution in [0.5, 0.6) is 0 Å². The maximum absolute atomic E-state index is 10.5. The minimum absolute atomic E-state index is 0.562. The second-order valence-corrected chi connectivity index (χ2v) is 5.75. The van der Waals surface area contributed by atoms with E-state index in [-0.39, 0.29) is 0 Å². The summed E-state index contributed by atoms with van der Waals surface area (Å²) < 4.78 is 0. The van der Waals surface area contributed by atoms with Gasteiger partial charge in [0.25, 0.3) is 0 Å². The zero-order valence-electron chi connectivity index (χ0n) is 11.0. The van der Waals surface area contributed by atoms with Gasteiger partial charge in [0.15, 0.2) is 0 Å². The van der Waals surface area contributed by atoms with Crippen LogP contribution in [0.2, 0.25) is 0 Å². The first-order valence-corrected chi connectivity index (χ1v) is 6.85. The zero-order chi connectivity index (χ0) is 13.9. The summed E-state index contributed by atoms with van der Waals surface area (Å²) in [5.41, 5.74) is 2.45. The Bertz CT molecular complexity index is 635. The molecule has 0 spiro atoms. The first-order valence-electron chi connectivity index (χ1n) is 5.97. The fourth-order valence-electron chi connectivity index (χ4n) is 1.86. The van der Waals surface area contributed by atoms with E-state index >= 15 is 0 Å². The number of thiophene rings is 1. The third-order valence-electron chi connectivity index (χ3n) is 3.06.